The van der Waals surface area contributed by atoms with Crippen molar-refractivity contribution in [1.82, 2.24) is 9.97 Å². The minimum Gasteiger partial charge on any atom is -0.364 e. The summed E-state index contributed by atoms with van der Waals surface area (Å²) in [5.41, 5.74) is 2.15. The average molecular weight is 362 g/mol. The highest BCUT2D eigenvalue weighted by Crippen LogP contribution is 2.32. The van der Waals surface area contributed by atoms with E-state index in [0.29, 0.717) is 25.2 Å². The maximum atomic E-state index is 12.1. The van der Waals surface area contributed by atoms with Crippen molar-refractivity contribution in [3.05, 3.63) is 51.6 Å². The quantitative estimate of drug-likeness (QED) is 0.604. The molecule has 2 heterocycles. The summed E-state index contributed by atoms with van der Waals surface area (Å²) in [6.45, 7) is 3.02. The van der Waals surface area contributed by atoms with Gasteiger partial charge in [0.15, 0.2) is 9.84 Å². The number of aromatic nitrogens is 2. The number of aryl methyl sites for hydroxylation is 1. The van der Waals surface area contributed by atoms with E-state index in [1.54, 1.807) is 0 Å². The van der Waals surface area contributed by atoms with Gasteiger partial charge in [-0.05, 0) is 18.1 Å². The van der Waals surface area contributed by atoms with E-state index in [2.05, 4.69) is 9.97 Å². The molecule has 1 aromatic heterocycles. The number of benzene rings is 1. The molecule has 0 N–H and O–H groups in total. The van der Waals surface area contributed by atoms with E-state index in [0.717, 1.165) is 35.8 Å². The van der Waals surface area contributed by atoms with Gasteiger partial charge in [-0.25, -0.2) is 18.4 Å². The van der Waals surface area contributed by atoms with Crippen molar-refractivity contribution in [2.24, 2.45) is 0 Å². The molecule has 132 valence electrons. The Balaban J connectivity index is 2.03. The van der Waals surface area contributed by atoms with Crippen LogP contribution in [0.15, 0.2) is 29.3 Å². The number of nitro benzene ring substituents is 1. The van der Waals surface area contributed by atoms with Crippen molar-refractivity contribution in [1.29, 1.82) is 0 Å². The van der Waals surface area contributed by atoms with Crippen LogP contribution < -0.4 is 4.90 Å². The van der Waals surface area contributed by atoms with E-state index in [1.165, 1.54) is 12.1 Å². The van der Waals surface area contributed by atoms with Gasteiger partial charge in [-0.3, -0.25) is 10.1 Å². The Kier molecular flexibility index (Phi) is 4.42. The first-order chi connectivity index (χ1) is 11.8. The third-order valence-corrected chi connectivity index (χ3v) is 5.33. The number of nitrogens with zero attached hydrogens (tertiary/aromatic N) is 4. The van der Waals surface area contributed by atoms with Gasteiger partial charge < -0.3 is 4.90 Å². The highest BCUT2D eigenvalue weighted by atomic mass is 32.2. The Bertz CT molecular complexity index is 943. The molecule has 0 aliphatic carbocycles. The van der Waals surface area contributed by atoms with Gasteiger partial charge in [-0.2, -0.15) is 0 Å². The highest BCUT2D eigenvalue weighted by molar-refractivity contribution is 7.90. The van der Waals surface area contributed by atoms with Crippen LogP contribution in [0.3, 0.4) is 0 Å². The second kappa shape index (κ2) is 6.40. The molecule has 1 aromatic carbocycles. The zero-order chi connectivity index (χ0) is 18.2. The first-order valence-electron chi connectivity index (χ1n) is 7.86. The number of rotatable bonds is 4. The van der Waals surface area contributed by atoms with E-state index in [9.17, 15) is 18.5 Å². The zero-order valence-electron chi connectivity index (χ0n) is 14.0. The van der Waals surface area contributed by atoms with Crippen LogP contribution in [0.2, 0.25) is 0 Å². The summed E-state index contributed by atoms with van der Waals surface area (Å²) in [6.07, 6.45) is 4.30. The van der Waals surface area contributed by atoms with Crippen molar-refractivity contribution in [3.63, 3.8) is 0 Å². The van der Waals surface area contributed by atoms with E-state index in [4.69, 9.17) is 0 Å². The zero-order valence-corrected chi connectivity index (χ0v) is 14.8. The van der Waals surface area contributed by atoms with Crippen LogP contribution in [0, 0.1) is 10.1 Å². The molecular weight excluding hydrogens is 344 g/mol. The molecular formula is C16H18N4O4S. The molecule has 1 aliphatic heterocycles. The summed E-state index contributed by atoms with van der Waals surface area (Å²) in [6, 6.07) is 3.95. The molecule has 25 heavy (non-hydrogen) atoms. The van der Waals surface area contributed by atoms with Crippen LogP contribution in [0.5, 0.6) is 0 Å². The summed E-state index contributed by atoms with van der Waals surface area (Å²) < 4.78 is 24.3. The van der Waals surface area contributed by atoms with Crippen molar-refractivity contribution >= 4 is 21.2 Å². The first kappa shape index (κ1) is 17.3. The summed E-state index contributed by atoms with van der Waals surface area (Å²) in [5, 5.41) is 11.0. The predicted octanol–water partition coefficient (Wildman–Crippen LogP) is 1.91. The van der Waals surface area contributed by atoms with Gasteiger partial charge in [0.1, 0.15) is 5.82 Å². The molecule has 9 heteroatoms. The van der Waals surface area contributed by atoms with E-state index in [-0.39, 0.29) is 10.6 Å². The summed E-state index contributed by atoms with van der Waals surface area (Å²) >= 11 is 0. The monoisotopic (exact) mass is 362 g/mol. The Labute approximate surface area is 145 Å². The largest absolute Gasteiger partial charge is 0.364 e. The number of sulfone groups is 1. The fraction of sp³-hybridized carbons (Fsp3) is 0.375. The summed E-state index contributed by atoms with van der Waals surface area (Å²) in [4.78, 5) is 21.1. The van der Waals surface area contributed by atoms with E-state index >= 15 is 0 Å². The molecule has 0 atom stereocenters. The maximum absolute atomic E-state index is 12.1. The molecule has 0 spiro atoms. The van der Waals surface area contributed by atoms with Crippen LogP contribution in [-0.4, -0.2) is 36.1 Å². The second-order valence-electron chi connectivity index (χ2n) is 5.96. The number of nitro groups is 1. The standard InChI is InChI=1S/C16H18N4O4S/c1-3-16-17-9-11-6-7-19(10-13(11)18-16)14-5-4-12(20(21)22)8-15(14)25(2,23)24/h4-5,8-9H,3,6-7,10H2,1-2H3. The molecule has 0 saturated heterocycles. The molecule has 0 saturated carbocycles. The summed E-state index contributed by atoms with van der Waals surface area (Å²) in [7, 11) is -3.61. The van der Waals surface area contributed by atoms with Gasteiger partial charge in [0, 0.05) is 37.6 Å². The Morgan fingerprint density at radius 2 is 2.12 bits per heavy atom. The van der Waals surface area contributed by atoms with Crippen molar-refractivity contribution < 1.29 is 13.3 Å². The van der Waals surface area contributed by atoms with Gasteiger partial charge in [-0.1, -0.05) is 6.92 Å². The van der Waals surface area contributed by atoms with Crippen LogP contribution in [0.1, 0.15) is 24.0 Å². The van der Waals surface area contributed by atoms with E-state index < -0.39 is 14.8 Å². The van der Waals surface area contributed by atoms with Crippen LogP contribution in [0.25, 0.3) is 0 Å². The van der Waals surface area contributed by atoms with E-state index in [1.807, 2.05) is 18.0 Å². The summed E-state index contributed by atoms with van der Waals surface area (Å²) in [5.74, 6) is 0.743. The molecule has 0 unspecified atom stereocenters. The van der Waals surface area contributed by atoms with Gasteiger partial charge in [0.25, 0.3) is 5.69 Å². The Morgan fingerprint density at radius 3 is 2.76 bits per heavy atom. The van der Waals surface area contributed by atoms with Crippen molar-refractivity contribution in [2.75, 3.05) is 17.7 Å². The SMILES string of the molecule is CCc1ncc2c(n1)CN(c1ccc([N+](=O)[O-])cc1S(C)(=O)=O)CC2. The minimum absolute atomic E-state index is 0.0325. The molecule has 0 fully saturated rings. The molecule has 2 aromatic rings. The number of anilines is 1. The smallest absolute Gasteiger partial charge is 0.270 e. The molecule has 1 aliphatic rings. The first-order valence-corrected chi connectivity index (χ1v) is 9.76. The molecule has 0 bridgehead atoms. The highest BCUT2D eigenvalue weighted by Gasteiger charge is 2.25. The van der Waals surface area contributed by atoms with Gasteiger partial charge in [-0.15, -0.1) is 0 Å². The van der Waals surface area contributed by atoms with Gasteiger partial charge in [0.2, 0.25) is 0 Å². The lowest BCUT2D eigenvalue weighted by Gasteiger charge is -2.31. The minimum atomic E-state index is -3.61. The third-order valence-electron chi connectivity index (χ3n) is 4.21. The lowest BCUT2D eigenvalue weighted by molar-refractivity contribution is -0.385. The van der Waals surface area contributed by atoms with Crippen LogP contribution in [0.4, 0.5) is 11.4 Å². The number of hydrogen-bond donors (Lipinski definition) is 0. The maximum Gasteiger partial charge on any atom is 0.270 e. The van der Waals surface area contributed by atoms with Crippen molar-refractivity contribution in [3.8, 4) is 0 Å². The van der Waals surface area contributed by atoms with Crippen LogP contribution in [-0.2, 0) is 29.2 Å². The number of non-ortho nitro benzene ring substituents is 1. The lowest BCUT2D eigenvalue weighted by atomic mass is 10.1. The van der Waals surface area contributed by atoms with Gasteiger partial charge in [0.05, 0.1) is 27.7 Å². The normalized spacial score (nSPS) is 14.2. The topological polar surface area (TPSA) is 106 Å². The molecule has 3 rings (SSSR count). The fourth-order valence-electron chi connectivity index (χ4n) is 2.89. The second-order valence-corrected chi connectivity index (χ2v) is 7.95. The fourth-order valence-corrected chi connectivity index (χ4v) is 3.81. The molecule has 0 amide bonds. The Morgan fingerprint density at radius 1 is 1.36 bits per heavy atom. The average Bonchev–Trinajstić information content (AvgIpc) is 2.59. The van der Waals surface area contributed by atoms with Crippen molar-refractivity contribution in [2.45, 2.75) is 31.2 Å². The third kappa shape index (κ3) is 3.46. The van der Waals surface area contributed by atoms with Gasteiger partial charge >= 0.3 is 0 Å². The lowest BCUT2D eigenvalue weighted by Crippen LogP contribution is -2.32. The number of fused-ring (bicyclic) bond motifs is 1. The Hall–Kier alpha value is -2.55. The molecule has 8 nitrogen and oxygen atoms in total. The molecule has 0 radical (unpaired) electrons. The van der Waals surface area contributed by atoms with Crippen LogP contribution >= 0.6 is 0 Å². The predicted molar refractivity (Wildman–Crippen MR) is 92.4 cm³/mol. The number of hydrogen-bond acceptors (Lipinski definition) is 7.